The van der Waals surface area contributed by atoms with E-state index < -0.39 is 8.32 Å². The molecule has 0 aliphatic carbocycles. The number of aliphatic hydroxyl groups is 1. The normalized spacial score (nSPS) is 10.1. The van der Waals surface area contributed by atoms with E-state index in [9.17, 15) is 4.80 Å². The molecule has 0 radical (unpaired) electrons. The molecule has 0 fully saturated rings. The zero-order chi connectivity index (χ0) is 13.4. The van der Waals surface area contributed by atoms with Gasteiger partial charge >= 0.3 is 0 Å². The third-order valence-electron chi connectivity index (χ3n) is 2.36. The predicted octanol–water partition coefficient (Wildman–Crippen LogP) is 1.85. The zero-order valence-electron chi connectivity index (χ0n) is 13.7. The molecule has 0 amide bonds. The van der Waals surface area contributed by atoms with E-state index >= 15 is 0 Å². The van der Waals surface area contributed by atoms with Gasteiger partial charge in [0.05, 0.1) is 0 Å². The maximum absolute atomic E-state index is 10.7. The van der Waals surface area contributed by atoms with Gasteiger partial charge in [0, 0.05) is 33.3 Å². The quantitative estimate of drug-likeness (QED) is 0.692. The van der Waals surface area contributed by atoms with E-state index in [2.05, 4.69) is 41.5 Å². The monoisotopic (exact) mass is 374 g/mol. The van der Waals surface area contributed by atoms with Crippen LogP contribution in [0.1, 0.15) is 41.5 Å². The fourth-order valence-electron chi connectivity index (χ4n) is 2.53. The average molecular weight is 376 g/mol. The number of hydrogen-bond acceptors (Lipinski definition) is 2. The maximum Gasteiger partial charge on any atom is 0.189 e. The van der Waals surface area contributed by atoms with Crippen LogP contribution in [0.4, 0.5) is 0 Å². The van der Waals surface area contributed by atoms with E-state index in [-0.39, 0.29) is 37.2 Å². The minimum Gasteiger partial charge on any atom is -0.432 e. The molecule has 0 unspecified atom stereocenters. The Morgan fingerprint density at radius 2 is 0.842 bits per heavy atom. The van der Waals surface area contributed by atoms with Gasteiger partial charge in [-0.2, -0.15) is 0 Å². The van der Waals surface area contributed by atoms with Crippen LogP contribution in [-0.4, -0.2) is 36.3 Å². The Morgan fingerprint density at radius 3 is 0.947 bits per heavy atom. The molecule has 0 aliphatic rings. The van der Waals surface area contributed by atoms with E-state index in [4.69, 9.17) is 5.11 Å². The Balaban J connectivity index is -0.000000124. The molecule has 0 atom stereocenters. The van der Waals surface area contributed by atoms with Crippen molar-refractivity contribution >= 4 is 8.32 Å². The van der Waals surface area contributed by atoms with E-state index in [1.54, 1.807) is 0 Å². The molecule has 0 aliphatic heterocycles. The van der Waals surface area contributed by atoms with Gasteiger partial charge in [-0.1, -0.05) is 41.5 Å². The molecule has 4 nitrogen and oxygen atoms in total. The Morgan fingerprint density at radius 1 is 0.684 bits per heavy atom. The first kappa shape index (κ1) is 32.0. The van der Waals surface area contributed by atoms with E-state index in [1.807, 2.05) is 0 Å². The minimum atomic E-state index is -1.94. The summed E-state index contributed by atoms with van der Waals surface area (Å²) >= 11 is 0. The minimum absolute atomic E-state index is 0. The van der Waals surface area contributed by atoms with Crippen LogP contribution >= 0.6 is 0 Å². The van der Waals surface area contributed by atoms with Crippen molar-refractivity contribution in [3.8, 4) is 0 Å². The summed E-state index contributed by atoms with van der Waals surface area (Å²) in [6, 6.07) is 3.22. The van der Waals surface area contributed by atoms with Crippen LogP contribution in [0, 0.1) is 17.8 Å². The van der Waals surface area contributed by atoms with E-state index in [1.165, 1.54) is 0 Å². The molecule has 0 aromatic carbocycles. The molecule has 0 rings (SSSR count). The summed E-state index contributed by atoms with van der Waals surface area (Å²) in [5, 5.41) is 7.00. The van der Waals surface area contributed by atoms with Gasteiger partial charge in [-0.3, -0.25) is 0 Å². The molecule has 0 saturated heterocycles. The van der Waals surface area contributed by atoms with Gasteiger partial charge in [0.15, 0.2) is 8.32 Å². The molecule has 6 heteroatoms. The van der Waals surface area contributed by atoms with Crippen molar-refractivity contribution in [3.63, 3.8) is 0 Å². The van der Waals surface area contributed by atoms with Crippen LogP contribution in [0.3, 0.4) is 0 Å². The molecule has 0 saturated carbocycles. The Kier molecular flexibility index (Phi) is 28.7. The average Bonchev–Trinajstić information content (AvgIpc) is 2.01. The summed E-state index contributed by atoms with van der Waals surface area (Å²) in [7, 11) is -0.939. The van der Waals surface area contributed by atoms with Crippen LogP contribution in [0.15, 0.2) is 0 Å². The predicted molar refractivity (Wildman–Crippen MR) is 82.3 cm³/mol. The SMILES string of the molecule is CC(C)C[Si](O)(CC(C)C)CC(C)C.CO.O.O.[Zr]. The number of hydrogen-bond donors (Lipinski definition) is 2. The van der Waals surface area contributed by atoms with E-state index in [0.29, 0.717) is 17.8 Å². The summed E-state index contributed by atoms with van der Waals surface area (Å²) in [6.07, 6.45) is 0. The first-order valence-electron chi connectivity index (χ1n) is 6.42. The maximum atomic E-state index is 10.7. The Labute approximate surface area is 139 Å². The summed E-state index contributed by atoms with van der Waals surface area (Å²) in [5.41, 5.74) is 0. The molecule has 0 bridgehead atoms. The van der Waals surface area contributed by atoms with Crippen molar-refractivity contribution in [2.45, 2.75) is 59.7 Å². The molecular weight excluding hydrogens is 339 g/mol. The topological polar surface area (TPSA) is 103 Å². The fraction of sp³-hybridized carbons (Fsp3) is 1.00. The van der Waals surface area contributed by atoms with Crippen LogP contribution < -0.4 is 0 Å². The van der Waals surface area contributed by atoms with Gasteiger partial charge in [-0.05, 0) is 35.9 Å². The van der Waals surface area contributed by atoms with Gasteiger partial charge in [-0.25, -0.2) is 0 Å². The Hall–Kier alpha value is 0.940. The Bertz CT molecular complexity index is 140. The van der Waals surface area contributed by atoms with Crippen LogP contribution in [0.2, 0.25) is 18.1 Å². The molecule has 6 N–H and O–H groups in total. The molecular formula is C13H36O4SiZr. The van der Waals surface area contributed by atoms with Crippen molar-refractivity contribution in [2.24, 2.45) is 17.8 Å². The number of rotatable bonds is 6. The van der Waals surface area contributed by atoms with Crippen LogP contribution in [-0.2, 0) is 26.2 Å². The molecule has 0 heterocycles. The second-order valence-corrected chi connectivity index (χ2v) is 9.69. The van der Waals surface area contributed by atoms with Gasteiger partial charge in [0.2, 0.25) is 0 Å². The summed E-state index contributed by atoms with van der Waals surface area (Å²) in [5.74, 6) is 1.93. The van der Waals surface area contributed by atoms with E-state index in [0.717, 1.165) is 25.2 Å². The molecule has 120 valence electrons. The van der Waals surface area contributed by atoms with Crippen molar-refractivity contribution in [2.75, 3.05) is 7.11 Å². The van der Waals surface area contributed by atoms with Gasteiger partial charge < -0.3 is 20.9 Å². The smallest absolute Gasteiger partial charge is 0.189 e. The van der Waals surface area contributed by atoms with Crippen molar-refractivity contribution in [1.82, 2.24) is 0 Å². The first-order chi connectivity index (χ1) is 7.25. The molecule has 19 heavy (non-hydrogen) atoms. The van der Waals surface area contributed by atoms with Crippen LogP contribution in [0.5, 0.6) is 0 Å². The number of aliphatic hydroxyl groups excluding tert-OH is 1. The second kappa shape index (κ2) is 17.0. The third kappa shape index (κ3) is 21.4. The van der Waals surface area contributed by atoms with Crippen LogP contribution in [0.25, 0.3) is 0 Å². The standard InChI is InChI=1S/C12H28OSi.CH4O.2H2O.Zr/c1-10(2)7-14(13,8-11(3)4)9-12(5)6;1-2;;;/h10-13H,7-9H2,1-6H3;2H,1H3;2*1H2;. The summed E-state index contributed by atoms with van der Waals surface area (Å²) < 4.78 is 0. The molecule has 0 aromatic rings. The second-order valence-electron chi connectivity index (χ2n) is 6.02. The van der Waals surface area contributed by atoms with Gasteiger partial charge in [0.25, 0.3) is 0 Å². The fourth-order valence-corrected chi connectivity index (χ4v) is 7.59. The zero-order valence-corrected chi connectivity index (χ0v) is 17.2. The third-order valence-corrected chi connectivity index (χ3v) is 7.09. The largest absolute Gasteiger partial charge is 0.432 e. The van der Waals surface area contributed by atoms with Crippen molar-refractivity contribution in [1.29, 1.82) is 0 Å². The summed E-state index contributed by atoms with van der Waals surface area (Å²) in [6.45, 7) is 13.3. The van der Waals surface area contributed by atoms with Crippen molar-refractivity contribution < 1.29 is 47.1 Å². The first-order valence-corrected chi connectivity index (χ1v) is 8.99. The van der Waals surface area contributed by atoms with Gasteiger partial charge in [-0.15, -0.1) is 0 Å². The van der Waals surface area contributed by atoms with Gasteiger partial charge in [0.1, 0.15) is 0 Å². The van der Waals surface area contributed by atoms with Crippen molar-refractivity contribution in [3.05, 3.63) is 0 Å². The molecule has 0 aromatic heterocycles. The summed E-state index contributed by atoms with van der Waals surface area (Å²) in [4.78, 5) is 10.7. The molecule has 0 spiro atoms.